The monoisotopic (exact) mass is 308 g/mol. The maximum Gasteiger partial charge on any atom is 0.337 e. The summed E-state index contributed by atoms with van der Waals surface area (Å²) in [4.78, 5) is 18.9. The van der Waals surface area contributed by atoms with Crippen molar-refractivity contribution in [2.45, 2.75) is 19.4 Å². The van der Waals surface area contributed by atoms with Crippen LogP contribution in [-0.4, -0.2) is 22.6 Å². The fraction of sp³-hybridized carbons (Fsp3) is 0.286. The lowest BCUT2D eigenvalue weighted by molar-refractivity contribution is 0.0697. The normalized spacial score (nSPS) is 17.9. The van der Waals surface area contributed by atoms with E-state index in [9.17, 15) is 4.79 Å². The number of thiophene rings is 1. The fourth-order valence-electron chi connectivity index (χ4n) is 2.60. The number of fused-ring (bicyclic) bond motifs is 1. The predicted octanol–water partition coefficient (Wildman–Crippen LogP) is 3.62. The molecule has 20 heavy (non-hydrogen) atoms. The minimum absolute atomic E-state index is 0.0972. The van der Waals surface area contributed by atoms with Crippen LogP contribution in [0.25, 0.3) is 0 Å². The van der Waals surface area contributed by atoms with Crippen LogP contribution in [0.2, 0.25) is 5.02 Å². The summed E-state index contributed by atoms with van der Waals surface area (Å²) in [5.74, 6) is -0.476. The Balaban J connectivity index is 2.03. The van der Waals surface area contributed by atoms with Crippen LogP contribution < -0.4 is 4.90 Å². The number of halogens is 1. The number of aromatic nitrogens is 1. The zero-order valence-electron chi connectivity index (χ0n) is 10.8. The zero-order chi connectivity index (χ0) is 14.3. The molecule has 6 heteroatoms. The van der Waals surface area contributed by atoms with E-state index < -0.39 is 5.97 Å². The van der Waals surface area contributed by atoms with Gasteiger partial charge in [-0.05, 0) is 36.4 Å². The molecule has 0 saturated heterocycles. The third kappa shape index (κ3) is 2.07. The molecule has 104 valence electrons. The van der Waals surface area contributed by atoms with Crippen LogP contribution in [-0.2, 0) is 6.42 Å². The Kier molecular flexibility index (Phi) is 3.40. The molecule has 0 aromatic carbocycles. The van der Waals surface area contributed by atoms with E-state index >= 15 is 0 Å². The molecule has 2 aromatic rings. The van der Waals surface area contributed by atoms with Crippen molar-refractivity contribution in [3.8, 4) is 0 Å². The number of carboxylic acids is 1. The summed E-state index contributed by atoms with van der Waals surface area (Å²) in [6, 6.07) is 3.70. The molecule has 0 spiro atoms. The predicted molar refractivity (Wildman–Crippen MR) is 80.0 cm³/mol. The quantitative estimate of drug-likeness (QED) is 0.920. The van der Waals surface area contributed by atoms with E-state index in [1.54, 1.807) is 11.3 Å². The molecular weight excluding hydrogens is 296 g/mol. The molecule has 4 nitrogen and oxygen atoms in total. The van der Waals surface area contributed by atoms with E-state index in [1.807, 2.05) is 0 Å². The topological polar surface area (TPSA) is 53.4 Å². The largest absolute Gasteiger partial charge is 0.478 e. The Morgan fingerprint density at radius 3 is 3.10 bits per heavy atom. The maximum absolute atomic E-state index is 11.2. The molecule has 0 radical (unpaired) electrons. The van der Waals surface area contributed by atoms with E-state index in [0.717, 1.165) is 13.0 Å². The molecule has 0 aliphatic carbocycles. The van der Waals surface area contributed by atoms with Gasteiger partial charge in [-0.15, -0.1) is 11.3 Å². The van der Waals surface area contributed by atoms with E-state index in [2.05, 4.69) is 28.3 Å². The second kappa shape index (κ2) is 5.07. The number of aromatic carboxylic acids is 1. The van der Waals surface area contributed by atoms with Gasteiger partial charge < -0.3 is 10.0 Å². The Hall–Kier alpha value is -1.59. The highest BCUT2D eigenvalue weighted by Crippen LogP contribution is 2.38. The molecule has 1 atom stereocenters. The van der Waals surface area contributed by atoms with Crippen molar-refractivity contribution < 1.29 is 9.90 Å². The van der Waals surface area contributed by atoms with Crippen molar-refractivity contribution in [2.24, 2.45) is 0 Å². The van der Waals surface area contributed by atoms with Gasteiger partial charge in [0.05, 0.1) is 16.6 Å². The fourth-order valence-corrected chi connectivity index (χ4v) is 3.86. The second-order valence-electron chi connectivity index (χ2n) is 4.72. The van der Waals surface area contributed by atoms with Gasteiger partial charge in [-0.3, -0.25) is 0 Å². The first-order chi connectivity index (χ1) is 9.59. The van der Waals surface area contributed by atoms with Crippen LogP contribution in [0.3, 0.4) is 0 Å². The average molecular weight is 309 g/mol. The van der Waals surface area contributed by atoms with Crippen LogP contribution >= 0.6 is 22.9 Å². The molecule has 3 rings (SSSR count). The minimum Gasteiger partial charge on any atom is -0.478 e. The van der Waals surface area contributed by atoms with Gasteiger partial charge in [0.15, 0.2) is 0 Å². The van der Waals surface area contributed by atoms with Gasteiger partial charge in [0.1, 0.15) is 5.82 Å². The van der Waals surface area contributed by atoms with Gasteiger partial charge >= 0.3 is 5.97 Å². The number of rotatable bonds is 2. The molecule has 0 fully saturated rings. The first-order valence-electron chi connectivity index (χ1n) is 6.30. The molecular formula is C14H13ClN2O2S. The van der Waals surface area contributed by atoms with Crippen molar-refractivity contribution in [3.63, 3.8) is 0 Å². The Morgan fingerprint density at radius 1 is 1.55 bits per heavy atom. The highest BCUT2D eigenvalue weighted by Gasteiger charge is 2.28. The van der Waals surface area contributed by atoms with Crippen molar-refractivity contribution in [1.82, 2.24) is 4.98 Å². The van der Waals surface area contributed by atoms with Gasteiger partial charge in [-0.2, -0.15) is 0 Å². The summed E-state index contributed by atoms with van der Waals surface area (Å²) in [6.07, 6.45) is 2.44. The molecule has 1 N–H and O–H groups in total. The highest BCUT2D eigenvalue weighted by molar-refractivity contribution is 7.10. The van der Waals surface area contributed by atoms with Crippen LogP contribution in [0.1, 0.15) is 33.8 Å². The van der Waals surface area contributed by atoms with Crippen molar-refractivity contribution in [1.29, 1.82) is 0 Å². The summed E-state index contributed by atoms with van der Waals surface area (Å²) in [5, 5.41) is 11.5. The summed E-state index contributed by atoms with van der Waals surface area (Å²) in [5.41, 5.74) is 1.37. The molecule has 0 saturated carbocycles. The second-order valence-corrected chi connectivity index (χ2v) is 6.10. The van der Waals surface area contributed by atoms with Gasteiger partial charge in [0, 0.05) is 17.6 Å². The Labute approximate surface area is 125 Å². The van der Waals surface area contributed by atoms with Gasteiger partial charge in [-0.1, -0.05) is 11.6 Å². The number of anilines is 1. The van der Waals surface area contributed by atoms with E-state index in [0.29, 0.717) is 5.82 Å². The standard InChI is InChI=1S/C14H13ClN2O2S/c1-8-9-4-7-20-11(9)3-6-17(8)13-12(15)10(14(18)19)2-5-16-13/h2,4-5,7-8H,3,6H2,1H3,(H,18,19). The minimum atomic E-state index is -1.03. The maximum atomic E-state index is 11.2. The molecule has 2 aromatic heterocycles. The number of carbonyl (C=O) groups is 1. The first kappa shape index (κ1) is 13.4. The van der Waals surface area contributed by atoms with Crippen molar-refractivity contribution in [3.05, 3.63) is 44.7 Å². The molecule has 0 bridgehead atoms. The van der Waals surface area contributed by atoms with E-state index in [4.69, 9.17) is 16.7 Å². The SMILES string of the molecule is CC1c2ccsc2CCN1c1nccc(C(=O)O)c1Cl. The third-order valence-electron chi connectivity index (χ3n) is 3.65. The van der Waals surface area contributed by atoms with E-state index in [-0.39, 0.29) is 16.6 Å². The van der Waals surface area contributed by atoms with Crippen LogP contribution in [0.15, 0.2) is 23.7 Å². The molecule has 1 aliphatic heterocycles. The highest BCUT2D eigenvalue weighted by atomic mass is 35.5. The lowest BCUT2D eigenvalue weighted by Crippen LogP contribution is -2.34. The van der Waals surface area contributed by atoms with E-state index in [1.165, 1.54) is 22.7 Å². The number of pyridine rings is 1. The van der Waals surface area contributed by atoms with Crippen LogP contribution in [0.5, 0.6) is 0 Å². The first-order valence-corrected chi connectivity index (χ1v) is 7.56. The molecule has 3 heterocycles. The zero-order valence-corrected chi connectivity index (χ0v) is 12.4. The summed E-state index contributed by atoms with van der Waals surface area (Å²) < 4.78 is 0. The number of hydrogen-bond donors (Lipinski definition) is 1. The van der Waals surface area contributed by atoms with Gasteiger partial charge in [0.25, 0.3) is 0 Å². The smallest absolute Gasteiger partial charge is 0.337 e. The van der Waals surface area contributed by atoms with Gasteiger partial charge in [-0.25, -0.2) is 9.78 Å². The van der Waals surface area contributed by atoms with Gasteiger partial charge in [0.2, 0.25) is 0 Å². The summed E-state index contributed by atoms with van der Waals surface area (Å²) in [6.45, 7) is 2.89. The lowest BCUT2D eigenvalue weighted by atomic mass is 10.0. The Bertz CT molecular complexity index is 671. The summed E-state index contributed by atoms with van der Waals surface area (Å²) >= 11 is 7.99. The van der Waals surface area contributed by atoms with Crippen molar-refractivity contribution in [2.75, 3.05) is 11.4 Å². The molecule has 0 amide bonds. The van der Waals surface area contributed by atoms with Crippen molar-refractivity contribution >= 4 is 34.7 Å². The molecule has 1 unspecified atom stereocenters. The van der Waals surface area contributed by atoms with Crippen LogP contribution in [0, 0.1) is 0 Å². The number of nitrogens with zero attached hydrogens (tertiary/aromatic N) is 2. The summed E-state index contributed by atoms with van der Waals surface area (Å²) in [7, 11) is 0. The molecule has 1 aliphatic rings. The lowest BCUT2D eigenvalue weighted by Gasteiger charge is -2.35. The average Bonchev–Trinajstić information content (AvgIpc) is 2.89. The third-order valence-corrected chi connectivity index (χ3v) is 5.02. The Morgan fingerprint density at radius 2 is 2.35 bits per heavy atom. The van der Waals surface area contributed by atoms with Crippen LogP contribution in [0.4, 0.5) is 5.82 Å². The number of carboxylic acid groups (broad SMARTS) is 1. The number of hydrogen-bond acceptors (Lipinski definition) is 4.